The monoisotopic (exact) mass is 475 g/mol. The number of fused-ring (bicyclic) bond motifs is 3. The number of rotatable bonds is 4. The van der Waals surface area contributed by atoms with Gasteiger partial charge in [0.2, 0.25) is 0 Å². The van der Waals surface area contributed by atoms with Crippen molar-refractivity contribution in [3.05, 3.63) is 111 Å². The van der Waals surface area contributed by atoms with Crippen LogP contribution in [-0.2, 0) is 0 Å². The van der Waals surface area contributed by atoms with Crippen LogP contribution in [-0.4, -0.2) is 10.0 Å². The van der Waals surface area contributed by atoms with Crippen molar-refractivity contribution in [2.75, 3.05) is 0 Å². The van der Waals surface area contributed by atoms with Crippen molar-refractivity contribution in [3.63, 3.8) is 0 Å². The van der Waals surface area contributed by atoms with E-state index in [1.54, 1.807) is 0 Å². The Hall–Kier alpha value is -2.27. The number of halogens is 1. The smallest absolute Gasteiger partial charge is 0.867 e. The van der Waals surface area contributed by atoms with E-state index in [2.05, 4.69) is 42.5 Å². The Morgan fingerprint density at radius 3 is 2.48 bits per heavy atom. The molecule has 1 atom stereocenters. The molecule has 2 nitrogen and oxygen atoms in total. The molecule has 0 spiro atoms. The summed E-state index contributed by atoms with van der Waals surface area (Å²) in [5.74, 6) is -0.0597. The van der Waals surface area contributed by atoms with Gasteiger partial charge in [0.05, 0.1) is 11.2 Å². The van der Waals surface area contributed by atoms with Gasteiger partial charge in [0.15, 0.2) is 0 Å². The summed E-state index contributed by atoms with van der Waals surface area (Å²) in [6.45, 7) is 0. The van der Waals surface area contributed by atoms with E-state index in [0.717, 1.165) is 44.4 Å². The second-order valence-corrected chi connectivity index (χ2v) is 8.78. The number of hydrogen-bond acceptors (Lipinski definition) is 3. The summed E-state index contributed by atoms with van der Waals surface area (Å²) in [5, 5.41) is 13.4. The fraction of sp³-hybridized carbons (Fsp3) is 0.0714. The maximum Gasteiger partial charge on any atom is 1.00 e. The average Bonchev–Trinajstić information content (AvgIpc) is 2.94. The van der Waals surface area contributed by atoms with Crippen LogP contribution in [0.2, 0.25) is 5.02 Å². The largest absolute Gasteiger partial charge is 1.00 e. The Balaban J connectivity index is 0.00000259. The number of thiocarbonyl (C=S) groups is 1. The molecule has 0 fully saturated rings. The zero-order valence-corrected chi connectivity index (χ0v) is 21.7. The molecule has 0 N–H and O–H groups in total. The van der Waals surface area contributed by atoms with Crippen molar-refractivity contribution in [1.29, 1.82) is 0 Å². The van der Waals surface area contributed by atoms with Gasteiger partial charge in [-0.05, 0) is 58.5 Å². The van der Waals surface area contributed by atoms with Crippen LogP contribution < -0.4 is 34.7 Å². The van der Waals surface area contributed by atoms with Gasteiger partial charge < -0.3 is 5.11 Å². The van der Waals surface area contributed by atoms with Crippen LogP contribution in [0.3, 0.4) is 0 Å². The summed E-state index contributed by atoms with van der Waals surface area (Å²) in [7, 11) is 0. The third-order valence-electron chi connectivity index (χ3n) is 5.79. The molecule has 33 heavy (non-hydrogen) atoms. The van der Waals surface area contributed by atoms with Crippen LogP contribution in [0.4, 0.5) is 0 Å². The number of nitrogens with zero attached hydrogens (tertiary/aromatic N) is 1. The molecule has 0 saturated heterocycles. The maximum absolute atomic E-state index is 11.9. The molecule has 1 aliphatic rings. The molecule has 5 heteroatoms. The fourth-order valence-corrected chi connectivity index (χ4v) is 4.58. The molecule has 1 aliphatic carbocycles. The standard InChI is InChI=1S/C28H20ClNOS.Na/c29-22-12-10-21-11-14-23(30-27(21)16-22)13-6-18-5-7-20-9-8-19-3-1-2-4-24(19)26(17-28(31)32)25(20)15-18;/h1-16,26H,17H2,(H,31,32);/q;+1/p-1/b13-6+;. The Labute approximate surface area is 225 Å². The summed E-state index contributed by atoms with van der Waals surface area (Å²) in [5.41, 5.74) is 7.26. The van der Waals surface area contributed by atoms with Crippen LogP contribution in [0.15, 0.2) is 72.8 Å². The Kier molecular flexibility index (Phi) is 7.48. The zero-order chi connectivity index (χ0) is 22.1. The Bertz CT molecular complexity index is 1410. The zero-order valence-electron chi connectivity index (χ0n) is 18.2. The second kappa shape index (κ2) is 10.3. The minimum Gasteiger partial charge on any atom is -0.867 e. The summed E-state index contributed by atoms with van der Waals surface area (Å²) < 4.78 is 0. The van der Waals surface area contributed by atoms with Gasteiger partial charge >= 0.3 is 29.6 Å². The molecular weight excluding hydrogens is 457 g/mol. The Morgan fingerprint density at radius 2 is 1.67 bits per heavy atom. The molecule has 0 bridgehead atoms. The van der Waals surface area contributed by atoms with E-state index in [4.69, 9.17) is 28.8 Å². The molecule has 3 aromatic carbocycles. The van der Waals surface area contributed by atoms with E-state index in [1.807, 2.05) is 54.6 Å². The molecule has 0 amide bonds. The number of benzene rings is 3. The van der Waals surface area contributed by atoms with E-state index in [-0.39, 0.29) is 40.5 Å². The quantitative estimate of drug-likeness (QED) is 0.333. The molecule has 5 rings (SSSR count). The molecular formula is C28H19ClNNaOS. The van der Waals surface area contributed by atoms with Gasteiger partial charge in [-0.25, -0.2) is 4.98 Å². The van der Waals surface area contributed by atoms with Crippen molar-refractivity contribution in [2.45, 2.75) is 12.3 Å². The predicted molar refractivity (Wildman–Crippen MR) is 137 cm³/mol. The SMILES string of the molecule is [Na+].[O-]C(=S)CC1c2ccccc2C=Cc2ccc(/C=C/c3ccc4ccc(Cl)cc4n3)cc21. The van der Waals surface area contributed by atoms with Crippen LogP contribution >= 0.6 is 23.8 Å². The summed E-state index contributed by atoms with van der Waals surface area (Å²) >= 11 is 11.1. The summed E-state index contributed by atoms with van der Waals surface area (Å²) in [4.78, 5) is 4.70. The minimum atomic E-state index is -0.224. The van der Waals surface area contributed by atoms with Gasteiger partial charge in [-0.15, -0.1) is 12.2 Å². The van der Waals surface area contributed by atoms with E-state index in [9.17, 15) is 5.11 Å². The topological polar surface area (TPSA) is 36.0 Å². The van der Waals surface area contributed by atoms with Gasteiger partial charge in [0.25, 0.3) is 0 Å². The molecule has 4 aromatic rings. The number of aromatic nitrogens is 1. The first-order valence-electron chi connectivity index (χ1n) is 10.4. The van der Waals surface area contributed by atoms with E-state index in [1.165, 1.54) is 0 Å². The first kappa shape index (κ1) is 23.9. The van der Waals surface area contributed by atoms with Gasteiger partial charge in [-0.1, -0.05) is 89.5 Å². The Morgan fingerprint density at radius 1 is 0.909 bits per heavy atom. The van der Waals surface area contributed by atoms with E-state index < -0.39 is 0 Å². The molecule has 0 saturated carbocycles. The minimum absolute atomic E-state index is 0. The van der Waals surface area contributed by atoms with E-state index >= 15 is 0 Å². The molecule has 0 aliphatic heterocycles. The molecule has 1 heterocycles. The van der Waals surface area contributed by atoms with Gasteiger partial charge in [-0.2, -0.15) is 0 Å². The fourth-order valence-electron chi connectivity index (χ4n) is 4.24. The maximum atomic E-state index is 11.9. The predicted octanol–water partition coefficient (Wildman–Crippen LogP) is 3.76. The second-order valence-electron chi connectivity index (χ2n) is 7.89. The first-order valence-corrected chi connectivity index (χ1v) is 11.2. The average molecular weight is 476 g/mol. The first-order chi connectivity index (χ1) is 15.6. The van der Waals surface area contributed by atoms with Crippen LogP contribution in [0, 0.1) is 0 Å². The van der Waals surface area contributed by atoms with Crippen molar-refractivity contribution < 1.29 is 34.7 Å². The van der Waals surface area contributed by atoms with Gasteiger partial charge in [0, 0.05) is 16.3 Å². The van der Waals surface area contributed by atoms with Crippen LogP contribution in [0.25, 0.3) is 35.2 Å². The number of hydrogen-bond donors (Lipinski definition) is 0. The molecule has 1 unspecified atom stereocenters. The summed E-state index contributed by atoms with van der Waals surface area (Å²) in [6, 6.07) is 24.3. The third kappa shape index (κ3) is 5.29. The van der Waals surface area contributed by atoms with Crippen molar-refractivity contribution in [1.82, 2.24) is 4.98 Å². The van der Waals surface area contributed by atoms with Gasteiger partial charge in [-0.3, -0.25) is 0 Å². The van der Waals surface area contributed by atoms with E-state index in [0.29, 0.717) is 11.4 Å². The number of pyridine rings is 1. The third-order valence-corrected chi connectivity index (χ3v) is 6.19. The van der Waals surface area contributed by atoms with Crippen LogP contribution in [0.1, 0.15) is 45.8 Å². The van der Waals surface area contributed by atoms with Gasteiger partial charge in [0.1, 0.15) is 0 Å². The molecule has 0 radical (unpaired) electrons. The molecule has 156 valence electrons. The van der Waals surface area contributed by atoms with Crippen molar-refractivity contribution in [3.8, 4) is 0 Å². The molecule has 1 aromatic heterocycles. The van der Waals surface area contributed by atoms with Crippen LogP contribution in [0.5, 0.6) is 0 Å². The summed E-state index contributed by atoms with van der Waals surface area (Å²) in [6.07, 6.45) is 8.58. The van der Waals surface area contributed by atoms with Crippen molar-refractivity contribution in [2.24, 2.45) is 0 Å². The van der Waals surface area contributed by atoms with Crippen molar-refractivity contribution >= 4 is 64.1 Å². The normalized spacial score (nSPS) is 14.4.